The number of aliphatic hydroxyl groups is 3. The lowest BCUT2D eigenvalue weighted by atomic mass is 10.1. The summed E-state index contributed by atoms with van der Waals surface area (Å²) >= 11 is 0. The van der Waals surface area contributed by atoms with E-state index >= 15 is 0 Å². The first-order valence-electron chi connectivity index (χ1n) is 4.77. The minimum Gasteiger partial charge on any atom is -0.394 e. The van der Waals surface area contributed by atoms with Gasteiger partial charge >= 0.3 is 7.82 Å². The molecule has 0 aromatic heterocycles. The fourth-order valence-corrected chi connectivity index (χ4v) is 3.36. The van der Waals surface area contributed by atoms with Crippen molar-refractivity contribution in [3.05, 3.63) is 0 Å². The number of phosphoric acid groups is 1. The fourth-order valence-electron chi connectivity index (χ4n) is 0.507. The van der Waals surface area contributed by atoms with Gasteiger partial charge < -0.3 is 35.1 Å². The van der Waals surface area contributed by atoms with Crippen LogP contribution in [0.3, 0.4) is 0 Å². The van der Waals surface area contributed by atoms with E-state index in [2.05, 4.69) is 4.21 Å². The van der Waals surface area contributed by atoms with E-state index in [1.165, 1.54) is 0 Å². The summed E-state index contributed by atoms with van der Waals surface area (Å²) < 4.78 is 14.6. The second-order valence-corrected chi connectivity index (χ2v) is 10.5. The molecular formula is C7H22NO7PSi. The van der Waals surface area contributed by atoms with Gasteiger partial charge in [0.25, 0.3) is 0 Å². The summed E-state index contributed by atoms with van der Waals surface area (Å²) in [6.45, 7) is 3.93. The molecular weight excluding hydrogens is 269 g/mol. The van der Waals surface area contributed by atoms with Crippen LogP contribution in [0.25, 0.3) is 0 Å². The van der Waals surface area contributed by atoms with Crippen molar-refractivity contribution in [1.29, 1.82) is 0 Å². The van der Waals surface area contributed by atoms with Crippen molar-refractivity contribution in [2.75, 3.05) is 19.8 Å². The second kappa shape index (κ2) is 7.57. The molecule has 0 aromatic rings. The van der Waals surface area contributed by atoms with Gasteiger partial charge in [0.15, 0.2) is 8.32 Å². The summed E-state index contributed by atoms with van der Waals surface area (Å²) in [6, 6.07) is 0. The van der Waals surface area contributed by atoms with Crippen LogP contribution in [-0.2, 0) is 8.78 Å². The maximum Gasteiger partial charge on any atom is 0.459 e. The number of rotatable bonds is 5. The molecule has 0 heterocycles. The minimum absolute atomic E-state index is 0.403. The molecule has 106 valence electrons. The third-order valence-electron chi connectivity index (χ3n) is 1.34. The third kappa shape index (κ3) is 14.1. The van der Waals surface area contributed by atoms with Crippen LogP contribution in [0.1, 0.15) is 0 Å². The van der Waals surface area contributed by atoms with E-state index in [0.29, 0.717) is 0 Å². The molecule has 7 N–H and O–H groups in total. The van der Waals surface area contributed by atoms with Gasteiger partial charge in [-0.25, -0.2) is 4.57 Å². The van der Waals surface area contributed by atoms with Crippen molar-refractivity contribution in [3.8, 4) is 0 Å². The molecule has 17 heavy (non-hydrogen) atoms. The summed E-state index contributed by atoms with van der Waals surface area (Å²) in [6.07, 6.45) is 0. The topological polar surface area (TPSA) is 153 Å². The van der Waals surface area contributed by atoms with Crippen LogP contribution < -0.4 is 5.73 Å². The van der Waals surface area contributed by atoms with E-state index < -0.39 is 41.5 Å². The van der Waals surface area contributed by atoms with Gasteiger partial charge in [0.05, 0.1) is 25.4 Å². The number of hydrogen-bond acceptors (Lipinski definition) is 6. The lowest BCUT2D eigenvalue weighted by Crippen LogP contribution is -2.50. The van der Waals surface area contributed by atoms with E-state index in [1.54, 1.807) is 19.6 Å². The summed E-state index contributed by atoms with van der Waals surface area (Å²) in [5, 5.41) is 25.0. The van der Waals surface area contributed by atoms with Crippen LogP contribution in [-0.4, -0.2) is 58.8 Å². The molecule has 0 spiro atoms. The standard InChI is InChI=1S/C4H11NO3.C3H11O4PSi/c5-4(1-6,2-7)3-8;1-9(2,3)7-8(4,5)6/h6-8H,1-3,5H2;1-3H3,(H2,4,5,6). The monoisotopic (exact) mass is 291 g/mol. The molecule has 0 aliphatic carbocycles. The Morgan fingerprint density at radius 1 is 1.12 bits per heavy atom. The molecule has 8 nitrogen and oxygen atoms in total. The SMILES string of the molecule is C[Si](C)(C)OP(=O)(O)O.NC(CO)(CO)CO. The highest BCUT2D eigenvalue weighted by atomic mass is 31.2. The van der Waals surface area contributed by atoms with Gasteiger partial charge in [0, 0.05) is 0 Å². The predicted molar refractivity (Wildman–Crippen MR) is 64.7 cm³/mol. The van der Waals surface area contributed by atoms with Gasteiger partial charge in [-0.1, -0.05) is 0 Å². The minimum atomic E-state index is -4.23. The molecule has 0 radical (unpaired) electrons. The van der Waals surface area contributed by atoms with Gasteiger partial charge in [-0.05, 0) is 19.6 Å². The van der Waals surface area contributed by atoms with E-state index in [1.807, 2.05) is 0 Å². The van der Waals surface area contributed by atoms with Crippen LogP contribution in [0.2, 0.25) is 19.6 Å². The van der Waals surface area contributed by atoms with Crippen LogP contribution >= 0.6 is 7.82 Å². The molecule has 0 atom stereocenters. The zero-order valence-corrected chi connectivity index (χ0v) is 12.1. The highest BCUT2D eigenvalue weighted by molar-refractivity contribution is 7.48. The summed E-state index contributed by atoms with van der Waals surface area (Å²) in [4.78, 5) is 16.6. The Balaban J connectivity index is 0. The van der Waals surface area contributed by atoms with Gasteiger partial charge in [-0.3, -0.25) is 0 Å². The van der Waals surface area contributed by atoms with Crippen LogP contribution in [0.4, 0.5) is 0 Å². The molecule has 0 unspecified atom stereocenters. The van der Waals surface area contributed by atoms with E-state index in [9.17, 15) is 4.57 Å². The molecule has 0 bridgehead atoms. The first-order valence-corrected chi connectivity index (χ1v) is 9.71. The Bertz CT molecular complexity index is 239. The van der Waals surface area contributed by atoms with Crippen LogP contribution in [0, 0.1) is 0 Å². The molecule has 0 saturated heterocycles. The zero-order chi connectivity index (χ0) is 14.3. The quantitative estimate of drug-likeness (QED) is 0.267. The van der Waals surface area contributed by atoms with Crippen LogP contribution in [0.15, 0.2) is 0 Å². The largest absolute Gasteiger partial charge is 0.459 e. The first kappa shape index (κ1) is 19.5. The maximum absolute atomic E-state index is 10.2. The zero-order valence-electron chi connectivity index (χ0n) is 10.2. The number of aliphatic hydroxyl groups excluding tert-OH is 3. The Morgan fingerprint density at radius 2 is 1.41 bits per heavy atom. The normalized spacial score (nSPS) is 13.0. The van der Waals surface area contributed by atoms with Crippen molar-refractivity contribution < 1.29 is 33.9 Å². The third-order valence-corrected chi connectivity index (χ3v) is 4.48. The Kier molecular flexibility index (Phi) is 8.68. The molecule has 10 heteroatoms. The molecule has 0 rings (SSSR count). The summed E-state index contributed by atoms with van der Waals surface area (Å²) in [5.41, 5.74) is 3.94. The number of nitrogens with two attached hydrogens (primary N) is 1. The molecule has 0 aromatic carbocycles. The van der Waals surface area contributed by atoms with Gasteiger partial charge in [-0.2, -0.15) is 0 Å². The van der Waals surface area contributed by atoms with Crippen molar-refractivity contribution in [1.82, 2.24) is 0 Å². The van der Waals surface area contributed by atoms with E-state index in [-0.39, 0.29) is 0 Å². The smallest absolute Gasteiger partial charge is 0.394 e. The average Bonchev–Trinajstić information content (AvgIpc) is 2.12. The first-order chi connectivity index (χ1) is 7.39. The van der Waals surface area contributed by atoms with Gasteiger partial charge in [0.2, 0.25) is 0 Å². The second-order valence-electron chi connectivity index (χ2n) is 4.53. The van der Waals surface area contributed by atoms with E-state index in [4.69, 9.17) is 30.8 Å². The fraction of sp³-hybridized carbons (Fsp3) is 1.00. The molecule has 0 fully saturated rings. The predicted octanol–water partition coefficient (Wildman–Crippen LogP) is -1.41. The van der Waals surface area contributed by atoms with Crippen molar-refractivity contribution in [2.24, 2.45) is 5.73 Å². The lowest BCUT2D eigenvalue weighted by molar-refractivity contribution is 0.0697. The highest BCUT2D eigenvalue weighted by Gasteiger charge is 2.26. The highest BCUT2D eigenvalue weighted by Crippen LogP contribution is 2.39. The summed E-state index contributed by atoms with van der Waals surface area (Å²) in [7, 11) is -6.28. The number of hydrogen-bond donors (Lipinski definition) is 6. The molecule has 0 aliphatic rings. The molecule has 0 saturated carbocycles. The Hall–Kier alpha value is 0.167. The Labute approximate surface area is 101 Å². The molecule has 0 aliphatic heterocycles. The summed E-state index contributed by atoms with van der Waals surface area (Å²) in [5.74, 6) is 0. The van der Waals surface area contributed by atoms with Gasteiger partial charge in [0.1, 0.15) is 0 Å². The van der Waals surface area contributed by atoms with Crippen LogP contribution in [0.5, 0.6) is 0 Å². The average molecular weight is 291 g/mol. The maximum atomic E-state index is 10.2. The van der Waals surface area contributed by atoms with Gasteiger partial charge in [-0.15, -0.1) is 0 Å². The lowest BCUT2D eigenvalue weighted by Gasteiger charge is -2.20. The van der Waals surface area contributed by atoms with E-state index in [0.717, 1.165) is 0 Å². The Morgan fingerprint density at radius 3 is 1.41 bits per heavy atom. The van der Waals surface area contributed by atoms with Crippen molar-refractivity contribution in [3.63, 3.8) is 0 Å². The van der Waals surface area contributed by atoms with Crippen molar-refractivity contribution in [2.45, 2.75) is 25.2 Å². The molecule has 0 amide bonds. The van der Waals surface area contributed by atoms with Crippen molar-refractivity contribution >= 4 is 16.1 Å².